The van der Waals surface area contributed by atoms with Crippen molar-refractivity contribution in [2.24, 2.45) is 0 Å². The Labute approximate surface area is 252 Å². The van der Waals surface area contributed by atoms with Crippen molar-refractivity contribution in [3.63, 3.8) is 0 Å². The zero-order valence-corrected chi connectivity index (χ0v) is 24.4. The van der Waals surface area contributed by atoms with E-state index in [2.05, 4.69) is 40.3 Å². The molecule has 2 atom stereocenters. The van der Waals surface area contributed by atoms with E-state index in [1.165, 1.54) is 24.7 Å². The maximum absolute atomic E-state index is 15.1. The third kappa shape index (κ3) is 6.55. The topological polar surface area (TPSA) is 144 Å². The van der Waals surface area contributed by atoms with Gasteiger partial charge in [0.25, 0.3) is 0 Å². The van der Waals surface area contributed by atoms with Gasteiger partial charge in [0.2, 0.25) is 21.9 Å². The monoisotopic (exact) mass is 618 g/mol. The maximum Gasteiger partial charge on any atom is 0.238 e. The van der Waals surface area contributed by atoms with Crippen molar-refractivity contribution < 1.29 is 21.9 Å². The van der Waals surface area contributed by atoms with E-state index in [4.69, 9.17) is 4.74 Å². The van der Waals surface area contributed by atoms with E-state index in [1.807, 2.05) is 6.92 Å². The number of aromatic nitrogens is 5. The fourth-order valence-electron chi connectivity index (χ4n) is 5.00. The number of rotatable bonds is 9. The Morgan fingerprint density at radius 2 is 1.89 bits per heavy atom. The number of halogens is 2. The maximum atomic E-state index is 15.1. The fourth-order valence-corrected chi connectivity index (χ4v) is 6.15. The predicted octanol–water partition coefficient (Wildman–Crippen LogP) is 4.78. The van der Waals surface area contributed by atoms with Crippen molar-refractivity contribution in [3.8, 4) is 22.9 Å². The number of benzene rings is 2. The van der Waals surface area contributed by atoms with Gasteiger partial charge in [0, 0.05) is 54.9 Å². The number of alkyl halides is 1. The third-order valence-electron chi connectivity index (χ3n) is 7.06. The van der Waals surface area contributed by atoms with Gasteiger partial charge in [0.1, 0.15) is 29.8 Å². The molecule has 1 saturated heterocycles. The van der Waals surface area contributed by atoms with Gasteiger partial charge in [-0.1, -0.05) is 18.2 Å². The molecule has 1 aliphatic rings. The van der Waals surface area contributed by atoms with Crippen LogP contribution in [0.1, 0.15) is 17.7 Å². The number of hydrogen-bond donors (Lipinski definition) is 3. The first kappa shape index (κ1) is 29.3. The standard InChI is InChI=1S/C30H28F2N8O3S/c1-18-5-6-22-23(7-8-25(32)27(22)40-44(41,42)16-20-4-2-3-10-35-20)28(18)43-29-24(15-34-17-37-29)26-9-11-36-30(39-26)38-21-12-19(31)13-33-14-21/h2-11,15,17,19,21,33,40H,12-14,16H2,1H3,(H,36,38,39)/t19-,21-/m0/s1. The van der Waals surface area contributed by atoms with Gasteiger partial charge in [0.15, 0.2) is 0 Å². The summed E-state index contributed by atoms with van der Waals surface area (Å²) in [6, 6.07) is 12.5. The molecule has 0 bridgehead atoms. The van der Waals surface area contributed by atoms with Crippen molar-refractivity contribution in [1.29, 1.82) is 0 Å². The number of fused-ring (bicyclic) bond motifs is 1. The largest absolute Gasteiger partial charge is 0.437 e. The fraction of sp³-hybridized carbons (Fsp3) is 0.233. The Balaban J connectivity index is 1.32. The van der Waals surface area contributed by atoms with Gasteiger partial charge in [-0.05, 0) is 42.8 Å². The summed E-state index contributed by atoms with van der Waals surface area (Å²) >= 11 is 0. The van der Waals surface area contributed by atoms with Gasteiger partial charge < -0.3 is 15.4 Å². The van der Waals surface area contributed by atoms with Gasteiger partial charge in [-0.15, -0.1) is 0 Å². The minimum absolute atomic E-state index is 0.171. The molecular weight excluding hydrogens is 590 g/mol. The number of piperidine rings is 1. The zero-order valence-electron chi connectivity index (χ0n) is 23.5. The van der Waals surface area contributed by atoms with Crippen LogP contribution >= 0.6 is 0 Å². The molecule has 0 saturated carbocycles. The minimum Gasteiger partial charge on any atom is -0.437 e. The summed E-state index contributed by atoms with van der Waals surface area (Å²) in [4.78, 5) is 21.4. The lowest BCUT2D eigenvalue weighted by atomic mass is 10.0. The Bertz CT molecular complexity index is 1910. The van der Waals surface area contributed by atoms with Gasteiger partial charge >= 0.3 is 0 Å². The third-order valence-corrected chi connectivity index (χ3v) is 8.25. The quantitative estimate of drug-likeness (QED) is 0.211. The highest BCUT2D eigenvalue weighted by Gasteiger charge is 2.23. The molecule has 226 valence electrons. The van der Waals surface area contributed by atoms with Crippen LogP contribution in [0.3, 0.4) is 0 Å². The Morgan fingerprint density at radius 1 is 1.02 bits per heavy atom. The molecule has 14 heteroatoms. The molecule has 2 aromatic carbocycles. The lowest BCUT2D eigenvalue weighted by Gasteiger charge is -2.26. The number of pyridine rings is 1. The molecule has 3 N–H and O–H groups in total. The number of hydrogen-bond acceptors (Lipinski definition) is 10. The highest BCUT2D eigenvalue weighted by atomic mass is 32.2. The SMILES string of the molecule is Cc1ccc2c(NS(=O)(=O)Cc3ccccn3)c(F)ccc2c1Oc1ncncc1-c1ccnc(N[C@@H]2CNC[C@@H](F)C2)n1. The first-order valence-electron chi connectivity index (χ1n) is 13.8. The molecular formula is C30H28F2N8O3S. The van der Waals surface area contributed by atoms with Crippen molar-refractivity contribution >= 4 is 32.4 Å². The van der Waals surface area contributed by atoms with Crippen LogP contribution < -0.4 is 20.1 Å². The number of ether oxygens (including phenoxy) is 1. The summed E-state index contributed by atoms with van der Waals surface area (Å²) in [5.74, 6) is -0.331. The van der Waals surface area contributed by atoms with Crippen LogP contribution in [-0.4, -0.2) is 58.6 Å². The van der Waals surface area contributed by atoms with Crippen molar-refractivity contribution in [1.82, 2.24) is 30.2 Å². The molecule has 0 radical (unpaired) electrons. The van der Waals surface area contributed by atoms with E-state index in [9.17, 15) is 12.8 Å². The van der Waals surface area contributed by atoms with Crippen molar-refractivity contribution in [2.45, 2.75) is 31.3 Å². The average molecular weight is 619 g/mol. The summed E-state index contributed by atoms with van der Waals surface area (Å²) in [6.45, 7) is 2.71. The summed E-state index contributed by atoms with van der Waals surface area (Å²) < 4.78 is 63.7. The molecule has 44 heavy (non-hydrogen) atoms. The van der Waals surface area contributed by atoms with Gasteiger partial charge in [-0.25, -0.2) is 37.1 Å². The molecule has 4 heterocycles. The minimum atomic E-state index is -4.00. The highest BCUT2D eigenvalue weighted by Crippen LogP contribution is 2.39. The Morgan fingerprint density at radius 3 is 2.70 bits per heavy atom. The highest BCUT2D eigenvalue weighted by molar-refractivity contribution is 7.91. The summed E-state index contributed by atoms with van der Waals surface area (Å²) in [5.41, 5.74) is 1.74. The van der Waals surface area contributed by atoms with E-state index >= 15 is 4.39 Å². The zero-order chi connectivity index (χ0) is 30.7. The van der Waals surface area contributed by atoms with Gasteiger partial charge in [-0.2, -0.15) is 0 Å². The number of nitrogens with zero attached hydrogens (tertiary/aromatic N) is 5. The van der Waals surface area contributed by atoms with Gasteiger partial charge in [0.05, 0.1) is 22.6 Å². The molecule has 6 rings (SSSR count). The van der Waals surface area contributed by atoms with E-state index in [0.29, 0.717) is 64.5 Å². The molecule has 5 aromatic rings. The van der Waals surface area contributed by atoms with Crippen LogP contribution in [-0.2, 0) is 15.8 Å². The van der Waals surface area contributed by atoms with E-state index in [-0.39, 0.29) is 17.6 Å². The van der Waals surface area contributed by atoms with Crippen LogP contribution in [0, 0.1) is 12.7 Å². The Hall–Kier alpha value is -4.82. The molecule has 0 amide bonds. The number of anilines is 2. The van der Waals surface area contributed by atoms with E-state index in [0.717, 1.165) is 0 Å². The summed E-state index contributed by atoms with van der Waals surface area (Å²) in [6.07, 6.45) is 5.31. The van der Waals surface area contributed by atoms with E-state index in [1.54, 1.807) is 48.8 Å². The van der Waals surface area contributed by atoms with Crippen LogP contribution in [0.15, 0.2) is 73.4 Å². The van der Waals surface area contributed by atoms with Crippen LogP contribution in [0.5, 0.6) is 11.6 Å². The molecule has 3 aromatic heterocycles. The number of sulfonamides is 1. The van der Waals surface area contributed by atoms with Crippen molar-refractivity contribution in [3.05, 3.63) is 90.5 Å². The molecule has 0 aliphatic carbocycles. The first-order chi connectivity index (χ1) is 21.3. The lowest BCUT2D eigenvalue weighted by molar-refractivity contribution is 0.254. The molecule has 0 unspecified atom stereocenters. The molecule has 0 spiro atoms. The number of nitrogens with one attached hydrogen (secondary N) is 3. The van der Waals surface area contributed by atoms with Crippen molar-refractivity contribution in [2.75, 3.05) is 23.1 Å². The molecule has 1 aliphatic heterocycles. The van der Waals surface area contributed by atoms with Crippen LogP contribution in [0.2, 0.25) is 0 Å². The smallest absolute Gasteiger partial charge is 0.238 e. The van der Waals surface area contributed by atoms with Crippen LogP contribution in [0.4, 0.5) is 20.4 Å². The Kier molecular flexibility index (Phi) is 8.26. The summed E-state index contributed by atoms with van der Waals surface area (Å²) in [7, 11) is -4.00. The first-order valence-corrected chi connectivity index (χ1v) is 15.5. The second-order valence-corrected chi connectivity index (χ2v) is 12.1. The summed E-state index contributed by atoms with van der Waals surface area (Å²) in [5, 5.41) is 6.97. The van der Waals surface area contributed by atoms with E-state index < -0.39 is 27.8 Å². The van der Waals surface area contributed by atoms with Gasteiger partial charge in [-0.3, -0.25) is 9.71 Å². The predicted molar refractivity (Wildman–Crippen MR) is 162 cm³/mol. The normalized spacial score (nSPS) is 16.9. The lowest BCUT2D eigenvalue weighted by Crippen LogP contribution is -2.44. The molecule has 11 nitrogen and oxygen atoms in total. The molecule has 1 fully saturated rings. The van der Waals surface area contributed by atoms with Crippen LogP contribution in [0.25, 0.3) is 22.0 Å². The number of aryl methyl sites for hydroxylation is 1. The average Bonchev–Trinajstić information content (AvgIpc) is 3.00. The second kappa shape index (κ2) is 12.4. The second-order valence-electron chi connectivity index (χ2n) is 10.4.